The summed E-state index contributed by atoms with van der Waals surface area (Å²) in [6.45, 7) is 4.99. The van der Waals surface area contributed by atoms with E-state index in [1.54, 1.807) is 42.5 Å². The lowest BCUT2D eigenvalue weighted by atomic mass is 9.80. The molecule has 1 saturated carbocycles. The fourth-order valence-electron chi connectivity index (χ4n) is 4.78. The summed E-state index contributed by atoms with van der Waals surface area (Å²) in [5.74, 6) is 0.478. The van der Waals surface area contributed by atoms with E-state index in [0.717, 1.165) is 44.4 Å². The predicted octanol–water partition coefficient (Wildman–Crippen LogP) is 3.33. The summed E-state index contributed by atoms with van der Waals surface area (Å²) in [6.07, 6.45) is 11.2. The molecule has 32 heavy (non-hydrogen) atoms. The number of halogens is 2. The zero-order chi connectivity index (χ0) is 21.5. The number of nitrogens with one attached hydrogen (secondary N) is 2. The highest BCUT2D eigenvalue weighted by Gasteiger charge is 2.38. The summed E-state index contributed by atoms with van der Waals surface area (Å²) < 4.78 is 21.8. The molecule has 0 amide bonds. The molecule has 0 bridgehead atoms. The third-order valence-electron chi connectivity index (χ3n) is 6.53. The molecule has 1 aromatic heterocycles. The van der Waals surface area contributed by atoms with E-state index >= 15 is 0 Å². The summed E-state index contributed by atoms with van der Waals surface area (Å²) in [5.41, 5.74) is 1.52. The molecule has 7 nitrogen and oxygen atoms in total. The third-order valence-corrected chi connectivity index (χ3v) is 6.53. The van der Waals surface area contributed by atoms with Gasteiger partial charge < -0.3 is 19.9 Å². The molecule has 1 saturated heterocycles. The standard InChI is InChI=1S/C23H33FN6O.HI/c1-25-22(27-16-19-5-6-21(20(24)15-19)29-10-9-26-18-29)28-17-23(7-3-2-4-8-23)30-11-13-31-14-12-30;/h5-6,9-10,15,18H,2-4,7-8,11-14,16-17H2,1H3,(H2,25,27,28);1H. The number of nitrogens with zero attached hydrogens (tertiary/aromatic N) is 4. The van der Waals surface area contributed by atoms with Gasteiger partial charge in [0.25, 0.3) is 0 Å². The van der Waals surface area contributed by atoms with Crippen LogP contribution in [0.2, 0.25) is 0 Å². The molecular weight excluding hydrogens is 522 g/mol. The van der Waals surface area contributed by atoms with Crippen molar-refractivity contribution in [2.24, 2.45) is 4.99 Å². The Morgan fingerprint density at radius 1 is 1.19 bits per heavy atom. The number of benzene rings is 1. The summed E-state index contributed by atoms with van der Waals surface area (Å²) >= 11 is 0. The zero-order valence-electron chi connectivity index (χ0n) is 18.7. The van der Waals surface area contributed by atoms with Gasteiger partial charge in [0.05, 0.1) is 25.2 Å². The first-order valence-corrected chi connectivity index (χ1v) is 11.2. The van der Waals surface area contributed by atoms with Crippen LogP contribution in [-0.2, 0) is 11.3 Å². The number of ether oxygens (including phenoxy) is 1. The highest BCUT2D eigenvalue weighted by molar-refractivity contribution is 14.0. The minimum atomic E-state index is -0.270. The predicted molar refractivity (Wildman–Crippen MR) is 135 cm³/mol. The molecule has 2 fully saturated rings. The average Bonchev–Trinajstić information content (AvgIpc) is 3.35. The van der Waals surface area contributed by atoms with Crippen molar-refractivity contribution in [3.05, 3.63) is 48.3 Å². The summed E-state index contributed by atoms with van der Waals surface area (Å²) in [5, 5.41) is 6.88. The quantitative estimate of drug-likeness (QED) is 0.325. The zero-order valence-corrected chi connectivity index (χ0v) is 21.1. The van der Waals surface area contributed by atoms with Crippen LogP contribution in [0.3, 0.4) is 0 Å². The van der Waals surface area contributed by atoms with Crippen LogP contribution in [0.25, 0.3) is 5.69 Å². The van der Waals surface area contributed by atoms with Crippen LogP contribution < -0.4 is 10.6 Å². The van der Waals surface area contributed by atoms with Crippen LogP contribution in [0.4, 0.5) is 4.39 Å². The molecule has 0 spiro atoms. The Balaban J connectivity index is 0.00000289. The van der Waals surface area contributed by atoms with Gasteiger partial charge in [-0.25, -0.2) is 9.37 Å². The van der Waals surface area contributed by atoms with E-state index < -0.39 is 0 Å². The Kier molecular flexibility index (Phi) is 9.30. The highest BCUT2D eigenvalue weighted by atomic mass is 127. The van der Waals surface area contributed by atoms with Crippen LogP contribution in [0.5, 0.6) is 0 Å². The van der Waals surface area contributed by atoms with Gasteiger partial charge in [-0.05, 0) is 30.5 Å². The lowest BCUT2D eigenvalue weighted by Gasteiger charge is -2.48. The largest absolute Gasteiger partial charge is 0.379 e. The summed E-state index contributed by atoms with van der Waals surface area (Å²) in [6, 6.07) is 5.26. The fourth-order valence-corrected chi connectivity index (χ4v) is 4.78. The minimum absolute atomic E-state index is 0. The number of aliphatic imine (C=N–C) groups is 1. The normalized spacial score (nSPS) is 19.2. The van der Waals surface area contributed by atoms with Gasteiger partial charge in [0.2, 0.25) is 0 Å². The summed E-state index contributed by atoms with van der Waals surface area (Å²) in [7, 11) is 1.78. The van der Waals surface area contributed by atoms with Crippen LogP contribution in [0.1, 0.15) is 37.7 Å². The molecule has 9 heteroatoms. The van der Waals surface area contributed by atoms with Crippen molar-refractivity contribution in [3.63, 3.8) is 0 Å². The molecule has 0 radical (unpaired) electrons. The van der Waals surface area contributed by atoms with Crippen molar-refractivity contribution in [1.29, 1.82) is 0 Å². The Labute approximate surface area is 206 Å². The topological polar surface area (TPSA) is 66.7 Å². The van der Waals surface area contributed by atoms with Crippen LogP contribution in [0.15, 0.2) is 41.9 Å². The van der Waals surface area contributed by atoms with E-state index in [0.29, 0.717) is 12.2 Å². The first-order valence-electron chi connectivity index (χ1n) is 11.2. The molecule has 2 aliphatic rings. The maximum atomic E-state index is 14.5. The van der Waals surface area contributed by atoms with Crippen molar-refractivity contribution in [2.75, 3.05) is 39.9 Å². The van der Waals surface area contributed by atoms with Crippen LogP contribution in [-0.4, -0.2) is 65.8 Å². The highest BCUT2D eigenvalue weighted by Crippen LogP contribution is 2.33. The number of aromatic nitrogens is 2. The Bertz CT molecular complexity index is 863. The average molecular weight is 556 g/mol. The fraction of sp³-hybridized carbons (Fsp3) is 0.565. The first kappa shape index (κ1) is 24.9. The second-order valence-electron chi connectivity index (χ2n) is 8.42. The van der Waals surface area contributed by atoms with E-state index in [1.807, 2.05) is 6.07 Å². The Morgan fingerprint density at radius 2 is 1.97 bits per heavy atom. The van der Waals surface area contributed by atoms with Gasteiger partial charge in [0, 0.05) is 51.2 Å². The SMILES string of the molecule is CN=C(NCc1ccc(-n2ccnc2)c(F)c1)NCC1(N2CCOCC2)CCCCC1.I. The number of imidazole rings is 1. The molecule has 1 aliphatic heterocycles. The molecule has 4 rings (SSSR count). The second kappa shape index (κ2) is 11.9. The number of hydrogen-bond acceptors (Lipinski definition) is 4. The number of guanidine groups is 1. The third kappa shape index (κ3) is 5.99. The monoisotopic (exact) mass is 556 g/mol. The lowest BCUT2D eigenvalue weighted by Crippen LogP contribution is -2.60. The van der Waals surface area contributed by atoms with Crippen molar-refractivity contribution in [2.45, 2.75) is 44.2 Å². The molecule has 1 aromatic carbocycles. The lowest BCUT2D eigenvalue weighted by molar-refractivity contribution is -0.0352. The molecular formula is C23H34FIN6O. The van der Waals surface area contributed by atoms with Crippen LogP contribution in [0, 0.1) is 5.82 Å². The summed E-state index contributed by atoms with van der Waals surface area (Å²) in [4.78, 5) is 11.0. The second-order valence-corrected chi connectivity index (χ2v) is 8.42. The van der Waals surface area contributed by atoms with Gasteiger partial charge >= 0.3 is 0 Å². The molecule has 2 heterocycles. The first-order chi connectivity index (χ1) is 15.2. The molecule has 2 aromatic rings. The van der Waals surface area contributed by atoms with Gasteiger partial charge in [-0.15, -0.1) is 24.0 Å². The van der Waals surface area contributed by atoms with E-state index in [4.69, 9.17) is 4.74 Å². The molecule has 176 valence electrons. The molecule has 0 unspecified atom stereocenters. The van der Waals surface area contributed by atoms with E-state index in [-0.39, 0.29) is 35.3 Å². The smallest absolute Gasteiger partial charge is 0.191 e. The Morgan fingerprint density at radius 3 is 2.62 bits per heavy atom. The maximum Gasteiger partial charge on any atom is 0.191 e. The van der Waals surface area contributed by atoms with Crippen molar-refractivity contribution in [3.8, 4) is 5.69 Å². The molecule has 0 atom stereocenters. The molecule has 2 N–H and O–H groups in total. The van der Waals surface area contributed by atoms with E-state index in [1.165, 1.54) is 32.1 Å². The van der Waals surface area contributed by atoms with E-state index in [9.17, 15) is 4.39 Å². The van der Waals surface area contributed by atoms with Crippen molar-refractivity contribution < 1.29 is 9.13 Å². The van der Waals surface area contributed by atoms with Gasteiger partial charge in [0.15, 0.2) is 5.96 Å². The van der Waals surface area contributed by atoms with Gasteiger partial charge in [-0.1, -0.05) is 25.3 Å². The van der Waals surface area contributed by atoms with E-state index in [2.05, 4.69) is 25.5 Å². The van der Waals surface area contributed by atoms with Crippen LogP contribution >= 0.6 is 24.0 Å². The number of morpholine rings is 1. The van der Waals surface area contributed by atoms with Gasteiger partial charge in [-0.3, -0.25) is 9.89 Å². The molecule has 1 aliphatic carbocycles. The maximum absolute atomic E-state index is 14.5. The van der Waals surface area contributed by atoms with Gasteiger partial charge in [0.1, 0.15) is 5.82 Å². The van der Waals surface area contributed by atoms with Gasteiger partial charge in [-0.2, -0.15) is 0 Å². The van der Waals surface area contributed by atoms with Crippen molar-refractivity contribution in [1.82, 2.24) is 25.1 Å². The number of hydrogen-bond donors (Lipinski definition) is 2. The Hall–Kier alpha value is -1.72. The van der Waals surface area contributed by atoms with Crippen molar-refractivity contribution >= 4 is 29.9 Å². The minimum Gasteiger partial charge on any atom is -0.379 e. The number of rotatable bonds is 6.